The van der Waals surface area contributed by atoms with Gasteiger partial charge in [-0.25, -0.2) is 4.79 Å². The van der Waals surface area contributed by atoms with Crippen molar-refractivity contribution < 1.29 is 19.5 Å². The van der Waals surface area contributed by atoms with Gasteiger partial charge in [0.05, 0.1) is 11.6 Å². The quantitative estimate of drug-likeness (QED) is 0.944. The summed E-state index contributed by atoms with van der Waals surface area (Å²) in [5, 5.41) is 10.1. The number of hydrogen-bond donors (Lipinski definition) is 1. The Hall–Kier alpha value is -2.63. The second-order valence-electron chi connectivity index (χ2n) is 5.83. The van der Waals surface area contributed by atoms with Gasteiger partial charge in [-0.05, 0) is 25.0 Å². The van der Waals surface area contributed by atoms with Crippen LogP contribution < -0.4 is 0 Å². The van der Waals surface area contributed by atoms with E-state index < -0.39 is 12.1 Å². The van der Waals surface area contributed by atoms with E-state index in [1.165, 1.54) is 16.4 Å². The van der Waals surface area contributed by atoms with E-state index >= 15 is 0 Å². The molecule has 1 aliphatic rings. The highest BCUT2D eigenvalue weighted by atomic mass is 16.4. The van der Waals surface area contributed by atoms with Gasteiger partial charge in [-0.2, -0.15) is 0 Å². The lowest BCUT2D eigenvalue weighted by atomic mass is 10.1. The van der Waals surface area contributed by atoms with Crippen molar-refractivity contribution in [2.75, 3.05) is 6.54 Å². The van der Waals surface area contributed by atoms with Crippen LogP contribution in [0.15, 0.2) is 30.3 Å². The Morgan fingerprint density at radius 2 is 2.00 bits per heavy atom. The van der Waals surface area contributed by atoms with E-state index in [1.54, 1.807) is 0 Å². The summed E-state index contributed by atoms with van der Waals surface area (Å²) in [6.07, 6.45) is 0.236. The van der Waals surface area contributed by atoms with E-state index in [2.05, 4.69) is 0 Å². The molecule has 2 heterocycles. The molecule has 0 radical (unpaired) electrons. The summed E-state index contributed by atoms with van der Waals surface area (Å²) in [6, 6.07) is 8.67. The average Bonchev–Trinajstić information content (AvgIpc) is 3.11. The van der Waals surface area contributed by atoms with Crippen molar-refractivity contribution in [2.24, 2.45) is 0 Å². The fourth-order valence-electron chi connectivity index (χ4n) is 3.34. The van der Waals surface area contributed by atoms with Crippen molar-refractivity contribution in [2.45, 2.75) is 32.2 Å². The van der Waals surface area contributed by atoms with Crippen LogP contribution in [0.3, 0.4) is 0 Å². The minimum absolute atomic E-state index is 0.0582. The number of Topliss-reactive ketones (excluding diaryl/α,β-unsaturated/α-hetero) is 1. The van der Waals surface area contributed by atoms with E-state index in [0.717, 1.165) is 10.9 Å². The molecule has 0 aliphatic carbocycles. The summed E-state index contributed by atoms with van der Waals surface area (Å²) in [5.41, 5.74) is 1.38. The molecule has 0 unspecified atom stereocenters. The molecule has 6 nitrogen and oxygen atoms in total. The van der Waals surface area contributed by atoms with Crippen molar-refractivity contribution in [3.63, 3.8) is 0 Å². The molecule has 1 amide bonds. The largest absolute Gasteiger partial charge is 0.465 e. The summed E-state index contributed by atoms with van der Waals surface area (Å²) in [6.45, 7) is 1.85. The van der Waals surface area contributed by atoms with Gasteiger partial charge >= 0.3 is 6.09 Å². The van der Waals surface area contributed by atoms with Gasteiger partial charge in [-0.15, -0.1) is 0 Å². The number of ketones is 1. The standard InChI is InChI=1S/C17H18N2O4/c1-11(20)19-13(9-12-5-2-3-6-14(12)19)10-16(21)15-7-4-8-18(15)17(22)23/h2-3,5-6,9,15H,4,7-8,10H2,1H3,(H,22,23)/t15-/m0/s1. The van der Waals surface area contributed by atoms with Crippen LogP contribution in [0, 0.1) is 0 Å². The van der Waals surface area contributed by atoms with Crippen LogP contribution in [0.5, 0.6) is 0 Å². The summed E-state index contributed by atoms with van der Waals surface area (Å²) in [5.74, 6) is -0.314. The summed E-state index contributed by atoms with van der Waals surface area (Å²) in [7, 11) is 0. The molecule has 3 rings (SSSR count). The number of rotatable bonds is 3. The van der Waals surface area contributed by atoms with Crippen molar-refractivity contribution in [1.29, 1.82) is 0 Å². The van der Waals surface area contributed by atoms with Gasteiger partial charge in [0.25, 0.3) is 0 Å². The highest BCUT2D eigenvalue weighted by molar-refractivity contribution is 5.96. The maximum atomic E-state index is 12.6. The molecule has 1 saturated heterocycles. The lowest BCUT2D eigenvalue weighted by molar-refractivity contribution is -0.122. The lowest BCUT2D eigenvalue weighted by Gasteiger charge is -2.20. The van der Waals surface area contributed by atoms with Crippen LogP contribution in [0.2, 0.25) is 0 Å². The van der Waals surface area contributed by atoms with Crippen LogP contribution >= 0.6 is 0 Å². The van der Waals surface area contributed by atoms with E-state index in [-0.39, 0.29) is 18.1 Å². The number of carboxylic acid groups (broad SMARTS) is 1. The van der Waals surface area contributed by atoms with Crippen molar-refractivity contribution in [1.82, 2.24) is 9.47 Å². The number of nitrogens with zero attached hydrogens (tertiary/aromatic N) is 2. The molecule has 120 valence electrons. The Labute approximate surface area is 133 Å². The van der Waals surface area contributed by atoms with E-state index in [1.807, 2.05) is 30.3 Å². The number of likely N-dealkylation sites (tertiary alicyclic amines) is 1. The van der Waals surface area contributed by atoms with Crippen LogP contribution in [-0.4, -0.2) is 44.9 Å². The van der Waals surface area contributed by atoms with Gasteiger partial charge in [-0.1, -0.05) is 18.2 Å². The van der Waals surface area contributed by atoms with Gasteiger partial charge < -0.3 is 5.11 Å². The lowest BCUT2D eigenvalue weighted by Crippen LogP contribution is -2.40. The summed E-state index contributed by atoms with van der Waals surface area (Å²) in [4.78, 5) is 36.9. The minimum atomic E-state index is -1.06. The fourth-order valence-corrected chi connectivity index (χ4v) is 3.34. The number of aromatic nitrogens is 1. The van der Waals surface area contributed by atoms with E-state index in [4.69, 9.17) is 0 Å². The first-order chi connectivity index (χ1) is 11.0. The number of hydrogen-bond acceptors (Lipinski definition) is 3. The molecule has 1 atom stereocenters. The first-order valence-corrected chi connectivity index (χ1v) is 7.61. The summed E-state index contributed by atoms with van der Waals surface area (Å²) >= 11 is 0. The molecular weight excluding hydrogens is 296 g/mol. The normalized spacial score (nSPS) is 17.6. The molecule has 1 aliphatic heterocycles. The Bertz CT molecular complexity index is 793. The van der Waals surface area contributed by atoms with Crippen LogP contribution in [0.4, 0.5) is 4.79 Å². The minimum Gasteiger partial charge on any atom is -0.465 e. The fraction of sp³-hybridized carbons (Fsp3) is 0.353. The molecule has 6 heteroatoms. The number of amides is 1. The predicted octanol–water partition coefficient (Wildman–Crippen LogP) is 2.56. The molecule has 0 bridgehead atoms. The topological polar surface area (TPSA) is 79.6 Å². The predicted molar refractivity (Wildman–Crippen MR) is 84.7 cm³/mol. The highest BCUT2D eigenvalue weighted by Crippen LogP contribution is 2.23. The summed E-state index contributed by atoms with van der Waals surface area (Å²) < 4.78 is 1.54. The van der Waals surface area contributed by atoms with Gasteiger partial charge in [0.1, 0.15) is 0 Å². The Balaban J connectivity index is 1.92. The Kier molecular flexibility index (Phi) is 3.90. The molecule has 2 aromatic rings. The Morgan fingerprint density at radius 1 is 1.26 bits per heavy atom. The number of fused-ring (bicyclic) bond motifs is 1. The first kappa shape index (κ1) is 15.3. The van der Waals surface area contributed by atoms with Crippen molar-refractivity contribution in [3.05, 3.63) is 36.0 Å². The van der Waals surface area contributed by atoms with Gasteiger partial charge in [0.15, 0.2) is 5.78 Å². The van der Waals surface area contributed by atoms with Crippen LogP contribution in [0.1, 0.15) is 30.3 Å². The van der Waals surface area contributed by atoms with Crippen molar-refractivity contribution >= 4 is 28.7 Å². The van der Waals surface area contributed by atoms with E-state index in [9.17, 15) is 19.5 Å². The second kappa shape index (κ2) is 5.87. The molecule has 0 saturated carbocycles. The number of carbonyl (C=O) groups is 3. The molecular formula is C17H18N2O4. The van der Waals surface area contributed by atoms with Gasteiger partial charge in [0, 0.05) is 31.0 Å². The highest BCUT2D eigenvalue weighted by Gasteiger charge is 2.34. The monoisotopic (exact) mass is 314 g/mol. The molecule has 1 fully saturated rings. The zero-order valence-electron chi connectivity index (χ0n) is 12.9. The van der Waals surface area contributed by atoms with E-state index in [0.29, 0.717) is 25.1 Å². The van der Waals surface area contributed by atoms with Gasteiger partial charge in [0.2, 0.25) is 5.91 Å². The smallest absolute Gasteiger partial charge is 0.407 e. The average molecular weight is 314 g/mol. The molecule has 23 heavy (non-hydrogen) atoms. The van der Waals surface area contributed by atoms with Crippen LogP contribution in [0.25, 0.3) is 10.9 Å². The number of benzene rings is 1. The molecule has 1 aromatic carbocycles. The molecule has 1 N–H and O–H groups in total. The third-order valence-corrected chi connectivity index (χ3v) is 4.33. The third-order valence-electron chi connectivity index (χ3n) is 4.33. The third kappa shape index (κ3) is 2.72. The maximum Gasteiger partial charge on any atom is 0.407 e. The zero-order chi connectivity index (χ0) is 16.6. The van der Waals surface area contributed by atoms with Crippen molar-refractivity contribution in [3.8, 4) is 0 Å². The molecule has 1 aromatic heterocycles. The molecule has 0 spiro atoms. The van der Waals surface area contributed by atoms with Gasteiger partial charge in [-0.3, -0.25) is 19.1 Å². The number of carbonyl (C=O) groups excluding carboxylic acids is 2. The second-order valence-corrected chi connectivity index (χ2v) is 5.83. The maximum absolute atomic E-state index is 12.6. The SMILES string of the molecule is CC(=O)n1c(CC(=O)[C@@H]2CCCN2C(=O)O)cc2ccccc21. The van der Waals surface area contributed by atoms with Crippen LogP contribution in [-0.2, 0) is 11.2 Å². The zero-order valence-corrected chi connectivity index (χ0v) is 12.9. The Morgan fingerprint density at radius 3 is 2.70 bits per heavy atom. The first-order valence-electron chi connectivity index (χ1n) is 7.61. The number of para-hydroxylation sites is 1.